The lowest BCUT2D eigenvalue weighted by Crippen LogP contribution is -2.44. The number of para-hydroxylation sites is 1. The Labute approximate surface area is 142 Å². The maximum Gasteiger partial charge on any atom is 0.315 e. The van der Waals surface area contributed by atoms with Gasteiger partial charge in [-0.05, 0) is 32.0 Å². The van der Waals surface area contributed by atoms with Gasteiger partial charge in [0.15, 0.2) is 0 Å². The first kappa shape index (κ1) is 15.5. The van der Waals surface area contributed by atoms with E-state index in [1.54, 1.807) is 0 Å². The summed E-state index contributed by atoms with van der Waals surface area (Å²) in [6, 6.07) is 8.83. The lowest BCUT2D eigenvalue weighted by atomic mass is 9.69. The van der Waals surface area contributed by atoms with Crippen LogP contribution in [-0.2, 0) is 16.6 Å². The number of likely N-dealkylation sites (N-methyl/N-ethyl adjacent to an activating group) is 1. The molecule has 24 heavy (non-hydrogen) atoms. The zero-order chi connectivity index (χ0) is 17.0. The highest BCUT2D eigenvalue weighted by atomic mass is 16.5. The Morgan fingerprint density at radius 3 is 2.75 bits per heavy atom. The molecule has 1 aromatic heterocycles. The van der Waals surface area contributed by atoms with Gasteiger partial charge < -0.3 is 9.30 Å². The van der Waals surface area contributed by atoms with E-state index in [4.69, 9.17) is 4.74 Å². The molecule has 0 saturated carbocycles. The fraction of sp³-hybridized carbons (Fsp3) is 0.450. The standard InChI is InChI=1S/C20H24N2O2/c1-5-12-11-21(2)16-10-14(12)18(20(23)24-4)19-17(16)13-8-6-7-9-15(13)22(19)3/h5-9,14,16,18H,10-11H2,1-4H3/b12-5-/t14-,16-,18-/m0/s1. The van der Waals surface area contributed by atoms with E-state index in [9.17, 15) is 4.79 Å². The van der Waals surface area contributed by atoms with Gasteiger partial charge in [0.05, 0.1) is 7.11 Å². The highest BCUT2D eigenvalue weighted by molar-refractivity contribution is 5.90. The highest BCUT2D eigenvalue weighted by Crippen LogP contribution is 2.53. The summed E-state index contributed by atoms with van der Waals surface area (Å²) in [5.41, 5.74) is 4.99. The molecule has 1 aliphatic heterocycles. The molecule has 1 aromatic carbocycles. The third kappa shape index (κ3) is 1.92. The topological polar surface area (TPSA) is 34.5 Å². The number of aryl methyl sites for hydroxylation is 1. The van der Waals surface area contributed by atoms with Crippen LogP contribution in [0.2, 0.25) is 0 Å². The number of methoxy groups -OCH3 is 1. The number of allylic oxidation sites excluding steroid dienone is 1. The molecule has 126 valence electrons. The molecule has 3 atom stereocenters. The summed E-state index contributed by atoms with van der Waals surface area (Å²) in [6.07, 6.45) is 3.16. The van der Waals surface area contributed by atoms with Crippen LogP contribution in [0.3, 0.4) is 0 Å². The van der Waals surface area contributed by atoms with Gasteiger partial charge >= 0.3 is 5.97 Å². The van der Waals surface area contributed by atoms with Crippen LogP contribution in [0.15, 0.2) is 35.9 Å². The van der Waals surface area contributed by atoms with Crippen molar-refractivity contribution in [1.82, 2.24) is 9.47 Å². The summed E-state index contributed by atoms with van der Waals surface area (Å²) in [6.45, 7) is 3.00. The molecule has 2 bridgehead atoms. The van der Waals surface area contributed by atoms with Gasteiger partial charge in [0.2, 0.25) is 0 Å². The van der Waals surface area contributed by atoms with E-state index in [0.29, 0.717) is 6.04 Å². The summed E-state index contributed by atoms with van der Waals surface area (Å²) in [5, 5.41) is 1.27. The Kier molecular flexibility index (Phi) is 3.53. The van der Waals surface area contributed by atoms with E-state index < -0.39 is 0 Å². The van der Waals surface area contributed by atoms with Crippen LogP contribution in [-0.4, -0.2) is 36.1 Å². The van der Waals surface area contributed by atoms with Crippen molar-refractivity contribution in [2.24, 2.45) is 13.0 Å². The summed E-state index contributed by atoms with van der Waals surface area (Å²) < 4.78 is 7.42. The van der Waals surface area contributed by atoms with Crippen LogP contribution in [0.25, 0.3) is 10.9 Å². The lowest BCUT2D eigenvalue weighted by Gasteiger charge is -2.46. The monoisotopic (exact) mass is 324 g/mol. The molecular weight excluding hydrogens is 300 g/mol. The summed E-state index contributed by atoms with van der Waals surface area (Å²) in [4.78, 5) is 15.1. The minimum absolute atomic E-state index is 0.116. The zero-order valence-corrected chi connectivity index (χ0v) is 14.7. The van der Waals surface area contributed by atoms with Crippen LogP contribution in [0.4, 0.5) is 0 Å². The number of hydrogen-bond acceptors (Lipinski definition) is 3. The predicted octanol–water partition coefficient (Wildman–Crippen LogP) is 3.39. The van der Waals surface area contributed by atoms with Gasteiger partial charge in [-0.2, -0.15) is 0 Å². The van der Waals surface area contributed by atoms with Gasteiger partial charge in [0, 0.05) is 42.1 Å². The molecule has 4 nitrogen and oxygen atoms in total. The Balaban J connectivity index is 2.05. The summed E-state index contributed by atoms with van der Waals surface area (Å²) in [7, 11) is 5.77. The number of carbonyl (C=O) groups excluding carboxylic acids is 1. The average molecular weight is 324 g/mol. The van der Waals surface area contributed by atoms with Crippen molar-refractivity contribution >= 4 is 16.9 Å². The third-order valence-corrected chi connectivity index (χ3v) is 5.97. The van der Waals surface area contributed by atoms with Gasteiger partial charge in [0.25, 0.3) is 0 Å². The quantitative estimate of drug-likeness (QED) is 0.596. The largest absolute Gasteiger partial charge is 0.468 e. The fourth-order valence-electron chi connectivity index (χ4n) is 4.84. The number of benzene rings is 1. The molecule has 0 amide bonds. The molecule has 1 saturated heterocycles. The second kappa shape index (κ2) is 5.49. The number of ether oxygens (including phenoxy) is 1. The number of likely N-dealkylation sites (tertiary alicyclic amines) is 1. The Morgan fingerprint density at radius 2 is 2.04 bits per heavy atom. The van der Waals surface area contributed by atoms with Crippen LogP contribution in [0.5, 0.6) is 0 Å². The molecule has 2 aromatic rings. The maximum absolute atomic E-state index is 12.7. The second-order valence-electron chi connectivity index (χ2n) is 7.01. The van der Waals surface area contributed by atoms with Crippen molar-refractivity contribution in [2.45, 2.75) is 25.3 Å². The molecule has 0 N–H and O–H groups in total. The fourth-order valence-corrected chi connectivity index (χ4v) is 4.84. The minimum Gasteiger partial charge on any atom is -0.468 e. The molecule has 0 spiro atoms. The van der Waals surface area contributed by atoms with Crippen molar-refractivity contribution in [2.75, 3.05) is 20.7 Å². The van der Waals surface area contributed by atoms with Crippen LogP contribution < -0.4 is 0 Å². The van der Waals surface area contributed by atoms with E-state index in [1.807, 2.05) is 0 Å². The summed E-state index contributed by atoms with van der Waals surface area (Å²) >= 11 is 0. The zero-order valence-electron chi connectivity index (χ0n) is 14.7. The third-order valence-electron chi connectivity index (χ3n) is 5.97. The molecule has 0 radical (unpaired) electrons. The van der Waals surface area contributed by atoms with E-state index in [2.05, 4.69) is 60.8 Å². The van der Waals surface area contributed by atoms with E-state index >= 15 is 0 Å². The predicted molar refractivity (Wildman–Crippen MR) is 94.9 cm³/mol. The molecule has 2 heterocycles. The number of fused-ring (bicyclic) bond motifs is 6. The van der Waals surface area contributed by atoms with Gasteiger partial charge in [-0.3, -0.25) is 9.69 Å². The first-order valence-electron chi connectivity index (χ1n) is 8.58. The van der Waals surface area contributed by atoms with Crippen molar-refractivity contribution in [1.29, 1.82) is 0 Å². The van der Waals surface area contributed by atoms with Crippen LogP contribution in [0.1, 0.15) is 36.6 Å². The molecule has 1 aliphatic carbocycles. The molecule has 1 fully saturated rings. The highest BCUT2D eigenvalue weighted by Gasteiger charge is 2.48. The maximum atomic E-state index is 12.7. The van der Waals surface area contributed by atoms with Gasteiger partial charge in [-0.25, -0.2) is 0 Å². The Bertz CT molecular complexity index is 849. The van der Waals surface area contributed by atoms with Crippen molar-refractivity contribution < 1.29 is 9.53 Å². The second-order valence-corrected chi connectivity index (χ2v) is 7.01. The van der Waals surface area contributed by atoms with Crippen LogP contribution >= 0.6 is 0 Å². The number of carbonyl (C=O) groups is 1. The SMILES string of the molecule is C/C=C1/CN(C)[C@H]2C[C@@H]1[C@H](C(=O)OC)c1c2c2ccccc2n1C. The van der Waals surface area contributed by atoms with Crippen molar-refractivity contribution in [3.8, 4) is 0 Å². The first-order chi connectivity index (χ1) is 11.6. The first-order valence-corrected chi connectivity index (χ1v) is 8.58. The van der Waals surface area contributed by atoms with E-state index in [1.165, 1.54) is 29.1 Å². The van der Waals surface area contributed by atoms with Gasteiger partial charge in [-0.1, -0.05) is 29.8 Å². The number of aromatic nitrogens is 1. The van der Waals surface area contributed by atoms with Crippen LogP contribution in [0, 0.1) is 5.92 Å². The lowest BCUT2D eigenvalue weighted by molar-refractivity contribution is -0.144. The van der Waals surface area contributed by atoms with Gasteiger partial charge in [-0.15, -0.1) is 0 Å². The molecule has 4 heteroatoms. The summed E-state index contributed by atoms with van der Waals surface area (Å²) in [5.74, 6) is -0.0905. The number of nitrogens with zero attached hydrogens (tertiary/aromatic N) is 2. The minimum atomic E-state index is -0.210. The average Bonchev–Trinajstić information content (AvgIpc) is 2.90. The molecule has 4 rings (SSSR count). The Hall–Kier alpha value is -2.07. The number of piperidine rings is 1. The normalized spacial score (nSPS) is 28.2. The van der Waals surface area contributed by atoms with Gasteiger partial charge in [0.1, 0.15) is 5.92 Å². The number of hydrogen-bond donors (Lipinski definition) is 0. The van der Waals surface area contributed by atoms with Crippen molar-refractivity contribution in [3.05, 3.63) is 47.2 Å². The smallest absolute Gasteiger partial charge is 0.315 e. The van der Waals surface area contributed by atoms with E-state index in [-0.39, 0.29) is 17.8 Å². The molecule has 2 aliphatic rings. The molecular formula is C20H24N2O2. The van der Waals surface area contributed by atoms with E-state index in [0.717, 1.165) is 18.7 Å². The number of esters is 1. The number of rotatable bonds is 1. The molecule has 0 unspecified atom stereocenters. The Morgan fingerprint density at radius 1 is 1.29 bits per heavy atom. The van der Waals surface area contributed by atoms with Crippen molar-refractivity contribution in [3.63, 3.8) is 0 Å².